The molecule has 2 rings (SSSR count). The van der Waals surface area contributed by atoms with E-state index in [1.807, 2.05) is 24.7 Å². The molecule has 0 unspecified atom stereocenters. The Morgan fingerprint density at radius 3 is 2.80 bits per heavy atom. The van der Waals surface area contributed by atoms with Gasteiger partial charge in [0, 0.05) is 23.7 Å². The van der Waals surface area contributed by atoms with E-state index in [1.165, 1.54) is 0 Å². The summed E-state index contributed by atoms with van der Waals surface area (Å²) in [6.07, 6.45) is 1.99. The van der Waals surface area contributed by atoms with Crippen LogP contribution in [0.15, 0.2) is 11.6 Å². The summed E-state index contributed by atoms with van der Waals surface area (Å²) < 4.78 is 1.89. The smallest absolute Gasteiger partial charge is 0.0898 e. The number of nitrogens with zero attached hydrogens (tertiary/aromatic N) is 3. The first kappa shape index (κ1) is 10.3. The Bertz CT molecular complexity index is 458. The lowest BCUT2D eigenvalue weighted by Crippen LogP contribution is -2.00. The van der Waals surface area contributed by atoms with Gasteiger partial charge in [0.15, 0.2) is 0 Å². The molecule has 0 aromatic carbocycles. The molecule has 0 saturated carbocycles. The Morgan fingerprint density at radius 1 is 1.47 bits per heavy atom. The fourth-order valence-electron chi connectivity index (χ4n) is 1.49. The van der Waals surface area contributed by atoms with Crippen molar-refractivity contribution in [2.24, 2.45) is 5.73 Å². The van der Waals surface area contributed by atoms with E-state index >= 15 is 0 Å². The van der Waals surface area contributed by atoms with Crippen molar-refractivity contribution in [2.75, 3.05) is 0 Å². The maximum atomic E-state index is 5.59. The predicted octanol–water partition coefficient (Wildman–Crippen LogP) is 1.46. The molecule has 0 aliphatic heterocycles. The number of aryl methyl sites for hydroxylation is 2. The molecule has 0 bridgehead atoms. The molecule has 80 valence electrons. The third kappa shape index (κ3) is 2.24. The van der Waals surface area contributed by atoms with Gasteiger partial charge in [0.1, 0.15) is 0 Å². The minimum atomic E-state index is 0.544. The van der Waals surface area contributed by atoms with E-state index in [1.54, 1.807) is 11.3 Å². The zero-order valence-electron chi connectivity index (χ0n) is 8.90. The topological polar surface area (TPSA) is 56.7 Å². The zero-order valence-corrected chi connectivity index (χ0v) is 9.71. The van der Waals surface area contributed by atoms with Gasteiger partial charge in [-0.15, -0.1) is 11.3 Å². The Kier molecular flexibility index (Phi) is 2.83. The van der Waals surface area contributed by atoms with Gasteiger partial charge < -0.3 is 5.73 Å². The van der Waals surface area contributed by atoms with Gasteiger partial charge in [-0.25, -0.2) is 4.98 Å². The fourth-order valence-corrected chi connectivity index (χ4v) is 2.09. The minimum Gasteiger partial charge on any atom is -0.326 e. The lowest BCUT2D eigenvalue weighted by Gasteiger charge is -1.96. The molecular formula is C10H14N4S. The highest BCUT2D eigenvalue weighted by Crippen LogP contribution is 2.11. The summed E-state index contributed by atoms with van der Waals surface area (Å²) in [6, 6.07) is 0. The van der Waals surface area contributed by atoms with Gasteiger partial charge >= 0.3 is 0 Å². The molecule has 0 aliphatic rings. The van der Waals surface area contributed by atoms with Gasteiger partial charge in [-0.1, -0.05) is 0 Å². The molecule has 0 aliphatic carbocycles. The summed E-state index contributed by atoms with van der Waals surface area (Å²) in [5, 5.41) is 7.54. The molecule has 2 heterocycles. The van der Waals surface area contributed by atoms with Crippen molar-refractivity contribution in [2.45, 2.75) is 26.9 Å². The number of thiazole rings is 1. The second-order valence-electron chi connectivity index (χ2n) is 3.50. The predicted molar refractivity (Wildman–Crippen MR) is 60.8 cm³/mol. The van der Waals surface area contributed by atoms with Crippen molar-refractivity contribution < 1.29 is 0 Å². The van der Waals surface area contributed by atoms with Crippen molar-refractivity contribution in [3.05, 3.63) is 33.5 Å². The molecule has 15 heavy (non-hydrogen) atoms. The average molecular weight is 222 g/mol. The molecule has 0 amide bonds. The van der Waals surface area contributed by atoms with Crippen LogP contribution in [-0.4, -0.2) is 14.8 Å². The van der Waals surface area contributed by atoms with Crippen molar-refractivity contribution in [1.29, 1.82) is 0 Å². The van der Waals surface area contributed by atoms with Crippen molar-refractivity contribution in [1.82, 2.24) is 14.8 Å². The van der Waals surface area contributed by atoms with E-state index in [9.17, 15) is 0 Å². The molecule has 0 fully saturated rings. The van der Waals surface area contributed by atoms with Crippen LogP contribution in [-0.2, 0) is 13.1 Å². The van der Waals surface area contributed by atoms with Gasteiger partial charge in [0.2, 0.25) is 0 Å². The molecule has 0 radical (unpaired) electrons. The molecule has 0 atom stereocenters. The highest BCUT2D eigenvalue weighted by Gasteiger charge is 2.04. The maximum absolute atomic E-state index is 5.59. The maximum Gasteiger partial charge on any atom is 0.0898 e. The minimum absolute atomic E-state index is 0.544. The number of aromatic nitrogens is 3. The quantitative estimate of drug-likeness (QED) is 0.855. The van der Waals surface area contributed by atoms with Crippen LogP contribution in [0, 0.1) is 13.8 Å². The lowest BCUT2D eigenvalue weighted by molar-refractivity contribution is 0.668. The largest absolute Gasteiger partial charge is 0.326 e. The fraction of sp³-hybridized carbons (Fsp3) is 0.400. The summed E-state index contributed by atoms with van der Waals surface area (Å²) in [5.41, 5.74) is 8.76. The number of nitrogens with two attached hydrogens (primary N) is 1. The van der Waals surface area contributed by atoms with Crippen LogP contribution in [0.1, 0.15) is 22.0 Å². The van der Waals surface area contributed by atoms with Crippen LogP contribution in [0.5, 0.6) is 0 Å². The molecule has 2 aromatic heterocycles. The molecule has 4 nitrogen and oxygen atoms in total. The van der Waals surface area contributed by atoms with Crippen molar-refractivity contribution in [3.63, 3.8) is 0 Å². The number of hydrogen-bond donors (Lipinski definition) is 1. The Labute approximate surface area is 92.8 Å². The van der Waals surface area contributed by atoms with Crippen molar-refractivity contribution in [3.8, 4) is 0 Å². The standard InChI is InChI=1S/C10H14N4S/c1-7-9(3-11)4-14(13-7)5-10-6-15-8(2)12-10/h4,6H,3,5,11H2,1-2H3. The summed E-state index contributed by atoms with van der Waals surface area (Å²) >= 11 is 1.66. The van der Waals surface area contributed by atoms with E-state index in [2.05, 4.69) is 15.5 Å². The zero-order chi connectivity index (χ0) is 10.8. The first-order valence-corrected chi connectivity index (χ1v) is 5.71. The van der Waals surface area contributed by atoms with Gasteiger partial charge in [-0.3, -0.25) is 4.68 Å². The molecular weight excluding hydrogens is 208 g/mol. The van der Waals surface area contributed by atoms with Crippen LogP contribution in [0.3, 0.4) is 0 Å². The highest BCUT2D eigenvalue weighted by molar-refractivity contribution is 7.09. The molecule has 0 spiro atoms. The van der Waals surface area contributed by atoms with E-state index in [0.717, 1.165) is 28.5 Å². The third-order valence-electron chi connectivity index (χ3n) is 2.26. The van der Waals surface area contributed by atoms with E-state index in [-0.39, 0.29) is 0 Å². The van der Waals surface area contributed by atoms with Gasteiger partial charge in [0.05, 0.1) is 22.9 Å². The van der Waals surface area contributed by atoms with Gasteiger partial charge in [-0.2, -0.15) is 5.10 Å². The lowest BCUT2D eigenvalue weighted by atomic mass is 10.3. The third-order valence-corrected chi connectivity index (χ3v) is 3.08. The monoisotopic (exact) mass is 222 g/mol. The summed E-state index contributed by atoms with van der Waals surface area (Å²) in [6.45, 7) is 5.26. The Balaban J connectivity index is 2.17. The van der Waals surface area contributed by atoms with E-state index < -0.39 is 0 Å². The molecule has 2 aromatic rings. The van der Waals surface area contributed by atoms with Crippen LogP contribution >= 0.6 is 11.3 Å². The first-order chi connectivity index (χ1) is 7.19. The summed E-state index contributed by atoms with van der Waals surface area (Å²) in [4.78, 5) is 4.40. The molecule has 2 N–H and O–H groups in total. The highest BCUT2D eigenvalue weighted by atomic mass is 32.1. The summed E-state index contributed by atoms with van der Waals surface area (Å²) in [7, 11) is 0. The van der Waals surface area contributed by atoms with Gasteiger partial charge in [-0.05, 0) is 13.8 Å². The van der Waals surface area contributed by atoms with Crippen molar-refractivity contribution >= 4 is 11.3 Å². The average Bonchev–Trinajstić information content (AvgIpc) is 2.73. The molecule has 0 saturated heterocycles. The number of hydrogen-bond acceptors (Lipinski definition) is 4. The Morgan fingerprint density at radius 2 is 2.27 bits per heavy atom. The van der Waals surface area contributed by atoms with E-state index in [0.29, 0.717) is 6.54 Å². The summed E-state index contributed by atoms with van der Waals surface area (Å²) in [5.74, 6) is 0. The first-order valence-electron chi connectivity index (χ1n) is 4.83. The van der Waals surface area contributed by atoms with Crippen LogP contribution < -0.4 is 5.73 Å². The van der Waals surface area contributed by atoms with E-state index in [4.69, 9.17) is 5.73 Å². The Hall–Kier alpha value is -1.20. The molecule has 5 heteroatoms. The SMILES string of the molecule is Cc1nc(Cn2cc(CN)c(C)n2)cs1. The van der Waals surface area contributed by atoms with Crippen LogP contribution in [0.25, 0.3) is 0 Å². The van der Waals surface area contributed by atoms with Gasteiger partial charge in [0.25, 0.3) is 0 Å². The second kappa shape index (κ2) is 4.12. The number of rotatable bonds is 3. The van der Waals surface area contributed by atoms with Crippen LogP contribution in [0.2, 0.25) is 0 Å². The second-order valence-corrected chi connectivity index (χ2v) is 4.56. The normalized spacial score (nSPS) is 10.9. The van der Waals surface area contributed by atoms with Crippen LogP contribution in [0.4, 0.5) is 0 Å².